The number of aldehydes is 1. The van der Waals surface area contributed by atoms with Crippen LogP contribution in [0.4, 0.5) is 0 Å². The first kappa shape index (κ1) is 17.7. The Morgan fingerprint density at radius 3 is 2.22 bits per heavy atom. The van der Waals surface area contributed by atoms with E-state index < -0.39 is 0 Å². The van der Waals surface area contributed by atoms with Crippen LogP contribution in [0, 0.1) is 0 Å². The van der Waals surface area contributed by atoms with Crippen LogP contribution in [0.25, 0.3) is 11.1 Å². The number of carbonyl (C=O) groups excluding carboxylic acids is 1. The Morgan fingerprint density at radius 2 is 1.52 bits per heavy atom. The zero-order valence-corrected chi connectivity index (χ0v) is 14.6. The SMILES string of the molecule is CCCCCCCCc1ccc(-c2ccc(Cl)c(C=O)c2)cc1. The highest BCUT2D eigenvalue weighted by molar-refractivity contribution is 6.33. The number of hydrogen-bond donors (Lipinski definition) is 0. The summed E-state index contributed by atoms with van der Waals surface area (Å²) in [6.45, 7) is 2.25. The maximum atomic E-state index is 11.0. The molecule has 0 atom stereocenters. The first-order valence-corrected chi connectivity index (χ1v) is 8.96. The van der Waals surface area contributed by atoms with Gasteiger partial charge < -0.3 is 0 Å². The van der Waals surface area contributed by atoms with Crippen LogP contribution >= 0.6 is 11.6 Å². The predicted octanol–water partition coefficient (Wildman–Crippen LogP) is 6.72. The molecular formula is C21H25ClO. The third kappa shape index (κ3) is 5.51. The highest BCUT2D eigenvalue weighted by Gasteiger charge is 2.03. The fourth-order valence-corrected chi connectivity index (χ4v) is 2.95. The van der Waals surface area contributed by atoms with E-state index in [0.717, 1.165) is 23.8 Å². The third-order valence-corrected chi connectivity index (χ3v) is 4.57. The molecule has 0 aliphatic rings. The Labute approximate surface area is 144 Å². The molecule has 0 unspecified atom stereocenters. The van der Waals surface area contributed by atoms with Crippen LogP contribution in [0.2, 0.25) is 5.02 Å². The molecule has 0 heterocycles. The summed E-state index contributed by atoms with van der Waals surface area (Å²) >= 11 is 5.98. The van der Waals surface area contributed by atoms with E-state index in [1.165, 1.54) is 44.1 Å². The second-order valence-electron chi connectivity index (χ2n) is 6.07. The normalized spacial score (nSPS) is 10.7. The lowest BCUT2D eigenvalue weighted by Gasteiger charge is -2.06. The smallest absolute Gasteiger partial charge is 0.151 e. The molecule has 0 aliphatic heterocycles. The van der Waals surface area contributed by atoms with Gasteiger partial charge in [-0.05, 0) is 41.7 Å². The zero-order valence-electron chi connectivity index (χ0n) is 13.9. The van der Waals surface area contributed by atoms with Gasteiger partial charge in [0, 0.05) is 5.56 Å². The summed E-state index contributed by atoms with van der Waals surface area (Å²) in [6, 6.07) is 14.2. The maximum absolute atomic E-state index is 11.0. The van der Waals surface area contributed by atoms with Crippen LogP contribution in [0.3, 0.4) is 0 Å². The van der Waals surface area contributed by atoms with Gasteiger partial charge in [0.25, 0.3) is 0 Å². The first-order chi connectivity index (χ1) is 11.2. The molecule has 23 heavy (non-hydrogen) atoms. The molecule has 0 saturated carbocycles. The molecule has 2 heteroatoms. The Bertz CT molecular complexity index is 616. The van der Waals surface area contributed by atoms with Gasteiger partial charge in [-0.25, -0.2) is 0 Å². The van der Waals surface area contributed by atoms with E-state index >= 15 is 0 Å². The van der Waals surface area contributed by atoms with Gasteiger partial charge in [0.05, 0.1) is 5.02 Å². The summed E-state index contributed by atoms with van der Waals surface area (Å²) in [5, 5.41) is 0.503. The highest BCUT2D eigenvalue weighted by Crippen LogP contribution is 2.25. The van der Waals surface area contributed by atoms with Gasteiger partial charge >= 0.3 is 0 Å². The number of aryl methyl sites for hydroxylation is 1. The fourth-order valence-electron chi connectivity index (χ4n) is 2.79. The minimum Gasteiger partial charge on any atom is -0.298 e. The van der Waals surface area contributed by atoms with E-state index in [1.54, 1.807) is 6.07 Å². The second kappa shape index (κ2) is 9.52. The lowest BCUT2D eigenvalue weighted by atomic mass is 10.00. The highest BCUT2D eigenvalue weighted by atomic mass is 35.5. The van der Waals surface area contributed by atoms with E-state index in [2.05, 4.69) is 31.2 Å². The molecule has 0 spiro atoms. The third-order valence-electron chi connectivity index (χ3n) is 4.23. The van der Waals surface area contributed by atoms with Crippen molar-refractivity contribution in [1.82, 2.24) is 0 Å². The van der Waals surface area contributed by atoms with Crippen molar-refractivity contribution in [2.24, 2.45) is 0 Å². The molecule has 0 aliphatic carbocycles. The summed E-state index contributed by atoms with van der Waals surface area (Å²) in [5.41, 5.74) is 4.08. The molecule has 1 nitrogen and oxygen atoms in total. The van der Waals surface area contributed by atoms with Gasteiger partial charge in [0.15, 0.2) is 6.29 Å². The number of benzene rings is 2. The predicted molar refractivity (Wildman–Crippen MR) is 99.4 cm³/mol. The molecule has 2 rings (SSSR count). The molecule has 0 aromatic heterocycles. The van der Waals surface area contributed by atoms with Gasteiger partial charge in [-0.15, -0.1) is 0 Å². The van der Waals surface area contributed by atoms with Gasteiger partial charge in [0.1, 0.15) is 0 Å². The topological polar surface area (TPSA) is 17.1 Å². The zero-order chi connectivity index (χ0) is 16.5. The number of hydrogen-bond acceptors (Lipinski definition) is 1. The van der Waals surface area contributed by atoms with Crippen LogP contribution in [0.5, 0.6) is 0 Å². The summed E-state index contributed by atoms with van der Waals surface area (Å²) in [4.78, 5) is 11.0. The fraction of sp³-hybridized carbons (Fsp3) is 0.381. The molecule has 0 amide bonds. The van der Waals surface area contributed by atoms with Crippen molar-refractivity contribution in [2.45, 2.75) is 51.9 Å². The van der Waals surface area contributed by atoms with Crippen molar-refractivity contribution < 1.29 is 4.79 Å². The Balaban J connectivity index is 1.90. The summed E-state index contributed by atoms with van der Waals surface area (Å²) in [5.74, 6) is 0. The van der Waals surface area contributed by atoms with Gasteiger partial charge in [0.2, 0.25) is 0 Å². The largest absolute Gasteiger partial charge is 0.298 e. The number of unbranched alkanes of at least 4 members (excludes halogenated alkanes) is 5. The van der Waals surface area contributed by atoms with Crippen LogP contribution in [0.1, 0.15) is 61.4 Å². The molecule has 0 fully saturated rings. The van der Waals surface area contributed by atoms with E-state index in [0.29, 0.717) is 10.6 Å². The first-order valence-electron chi connectivity index (χ1n) is 8.58. The van der Waals surface area contributed by atoms with Crippen molar-refractivity contribution in [3.63, 3.8) is 0 Å². The van der Waals surface area contributed by atoms with Crippen molar-refractivity contribution in [3.8, 4) is 11.1 Å². The molecule has 0 N–H and O–H groups in total. The van der Waals surface area contributed by atoms with Crippen LogP contribution in [0.15, 0.2) is 42.5 Å². The van der Waals surface area contributed by atoms with E-state index in [9.17, 15) is 4.79 Å². The summed E-state index contributed by atoms with van der Waals surface area (Å²) in [6.07, 6.45) is 9.92. The van der Waals surface area contributed by atoms with Crippen molar-refractivity contribution in [1.29, 1.82) is 0 Å². The summed E-state index contributed by atoms with van der Waals surface area (Å²) < 4.78 is 0. The molecule has 2 aromatic carbocycles. The Hall–Kier alpha value is -1.60. The van der Waals surface area contributed by atoms with Crippen molar-refractivity contribution in [3.05, 3.63) is 58.6 Å². The van der Waals surface area contributed by atoms with E-state index in [4.69, 9.17) is 11.6 Å². The lowest BCUT2D eigenvalue weighted by Crippen LogP contribution is -1.88. The minimum atomic E-state index is 0.503. The average Bonchev–Trinajstić information content (AvgIpc) is 2.59. The number of carbonyl (C=O) groups is 1. The Kier molecular flexibility index (Phi) is 7.35. The average molecular weight is 329 g/mol. The lowest BCUT2D eigenvalue weighted by molar-refractivity contribution is 0.112. The van der Waals surface area contributed by atoms with Crippen LogP contribution in [-0.4, -0.2) is 6.29 Å². The van der Waals surface area contributed by atoms with Crippen molar-refractivity contribution in [2.75, 3.05) is 0 Å². The van der Waals surface area contributed by atoms with Gasteiger partial charge in [-0.1, -0.05) is 81.0 Å². The molecule has 122 valence electrons. The van der Waals surface area contributed by atoms with Crippen LogP contribution in [-0.2, 0) is 6.42 Å². The summed E-state index contributed by atoms with van der Waals surface area (Å²) in [7, 11) is 0. The molecular weight excluding hydrogens is 304 g/mol. The van der Waals surface area contributed by atoms with E-state index in [-0.39, 0.29) is 0 Å². The number of halogens is 1. The molecule has 0 radical (unpaired) electrons. The maximum Gasteiger partial charge on any atom is 0.151 e. The van der Waals surface area contributed by atoms with Gasteiger partial charge in [-0.3, -0.25) is 4.79 Å². The van der Waals surface area contributed by atoms with Crippen LogP contribution < -0.4 is 0 Å². The Morgan fingerprint density at radius 1 is 0.870 bits per heavy atom. The number of rotatable bonds is 9. The molecule has 2 aromatic rings. The minimum absolute atomic E-state index is 0.503. The molecule has 0 bridgehead atoms. The monoisotopic (exact) mass is 328 g/mol. The van der Waals surface area contributed by atoms with Crippen molar-refractivity contribution >= 4 is 17.9 Å². The quantitative estimate of drug-likeness (QED) is 0.368. The second-order valence-corrected chi connectivity index (χ2v) is 6.48. The van der Waals surface area contributed by atoms with Gasteiger partial charge in [-0.2, -0.15) is 0 Å². The standard InChI is InChI=1S/C21H25ClO/c1-2-3-4-5-6-7-8-17-9-11-18(12-10-17)19-13-14-21(22)20(15-19)16-23/h9-16H,2-8H2,1H3. The molecule has 0 saturated heterocycles. The van der Waals surface area contributed by atoms with E-state index in [1.807, 2.05) is 12.1 Å².